The molecule has 2 amide bonds. The number of benzene rings is 1. The van der Waals surface area contributed by atoms with Crippen molar-refractivity contribution in [2.45, 2.75) is 93.5 Å². The van der Waals surface area contributed by atoms with Gasteiger partial charge < -0.3 is 20.1 Å². The van der Waals surface area contributed by atoms with Crippen molar-refractivity contribution in [1.29, 1.82) is 0 Å². The summed E-state index contributed by atoms with van der Waals surface area (Å²) in [5.41, 5.74) is -1.08. The molecule has 1 aliphatic heterocycles. The highest BCUT2D eigenvalue weighted by Crippen LogP contribution is 2.47. The lowest BCUT2D eigenvalue weighted by Crippen LogP contribution is -2.65. The molecule has 0 radical (unpaired) electrons. The number of rotatable bonds is 7. The van der Waals surface area contributed by atoms with Crippen molar-refractivity contribution in [2.75, 3.05) is 6.61 Å². The van der Waals surface area contributed by atoms with E-state index in [1.165, 1.54) is 0 Å². The summed E-state index contributed by atoms with van der Waals surface area (Å²) in [5, 5.41) is 6.01. The highest BCUT2D eigenvalue weighted by molar-refractivity contribution is 6.03. The van der Waals surface area contributed by atoms with E-state index < -0.39 is 59.1 Å². The minimum atomic E-state index is -4.69. The minimum absolute atomic E-state index is 0.0773. The Kier molecular flexibility index (Phi) is 6.87. The van der Waals surface area contributed by atoms with E-state index in [4.69, 9.17) is 9.47 Å². The number of hydrogen-bond acceptors (Lipinski definition) is 6. The van der Waals surface area contributed by atoms with Gasteiger partial charge >= 0.3 is 6.36 Å². The van der Waals surface area contributed by atoms with Crippen molar-refractivity contribution in [1.82, 2.24) is 10.6 Å². The summed E-state index contributed by atoms with van der Waals surface area (Å²) >= 11 is 0. The molecule has 1 aromatic rings. The molecule has 38 heavy (non-hydrogen) atoms. The maximum absolute atomic E-state index is 13.6. The molecule has 0 saturated heterocycles. The molecule has 5 aliphatic rings. The van der Waals surface area contributed by atoms with Gasteiger partial charge in [0, 0.05) is 30.0 Å². The first-order valence-electron chi connectivity index (χ1n) is 12.5. The Morgan fingerprint density at radius 1 is 0.947 bits per heavy atom. The zero-order chi connectivity index (χ0) is 27.3. The number of carbonyl (C=O) groups is 3. The van der Waals surface area contributed by atoms with Crippen molar-refractivity contribution in [3.8, 4) is 5.75 Å². The highest BCUT2D eigenvalue weighted by atomic mass is 19.4. The van der Waals surface area contributed by atoms with Crippen molar-refractivity contribution >= 4 is 17.6 Å². The van der Waals surface area contributed by atoms with Gasteiger partial charge in [0.25, 0.3) is 5.91 Å². The summed E-state index contributed by atoms with van der Waals surface area (Å²) < 4.78 is 78.6. The number of ketones is 1. The fraction of sp³-hybridized carbons (Fsp3) is 0.640. The normalized spacial score (nSPS) is 32.1. The van der Waals surface area contributed by atoms with Crippen LogP contribution in [-0.4, -0.2) is 60.0 Å². The molecule has 13 heteroatoms. The largest absolute Gasteiger partial charge is 0.522 e. The van der Waals surface area contributed by atoms with Crippen LogP contribution >= 0.6 is 0 Å². The predicted molar refractivity (Wildman–Crippen MR) is 119 cm³/mol. The predicted octanol–water partition coefficient (Wildman–Crippen LogP) is 3.46. The fourth-order valence-electron chi connectivity index (χ4n) is 5.83. The van der Waals surface area contributed by atoms with Crippen LogP contribution in [0.25, 0.3) is 0 Å². The second kappa shape index (κ2) is 9.74. The molecule has 1 aromatic carbocycles. The highest BCUT2D eigenvalue weighted by Gasteiger charge is 2.51. The maximum Gasteiger partial charge on any atom is 0.522 e. The van der Waals surface area contributed by atoms with Crippen LogP contribution in [0.5, 0.6) is 5.75 Å². The molecule has 1 atom stereocenters. The van der Waals surface area contributed by atoms with Gasteiger partial charge in [-0.3, -0.25) is 19.1 Å². The lowest BCUT2D eigenvalue weighted by molar-refractivity contribution is -0.357. The Morgan fingerprint density at radius 3 is 2.13 bits per heavy atom. The van der Waals surface area contributed by atoms with Crippen LogP contribution < -0.4 is 15.4 Å². The zero-order valence-electron chi connectivity index (χ0n) is 20.3. The quantitative estimate of drug-likeness (QED) is 0.508. The minimum Gasteiger partial charge on any atom is -0.479 e. The monoisotopic (exact) mass is 546 g/mol. The summed E-state index contributed by atoms with van der Waals surface area (Å²) in [6.07, 6.45) is -3.85. The van der Waals surface area contributed by atoms with Crippen LogP contribution in [0.3, 0.4) is 0 Å². The molecular formula is C25H27F5N2O6. The van der Waals surface area contributed by atoms with Gasteiger partial charge in [0.15, 0.2) is 23.5 Å². The Labute approximate surface area is 214 Å². The third-order valence-corrected chi connectivity index (χ3v) is 8.10. The standard InChI is InChI=1S/C25H27F5N2O6/c26-16-9-15-18(33)11-20(37-19(15)10-17(16)27)22(35)32-24-4-1-23(2-5-24,3-6-24)31-21(34)12-36-13-7-14(8-13)38-25(28,29)30/h9-10,13-14,20H,1-8,11-12H2,(H,31,34)(H,32,35)/t13?,14?,20-,23?,24?/m1/s1. The van der Waals surface area contributed by atoms with Crippen molar-refractivity contribution in [3.05, 3.63) is 29.3 Å². The number of nitrogens with one attached hydrogen (secondary N) is 2. The van der Waals surface area contributed by atoms with Gasteiger partial charge in [-0.25, -0.2) is 8.78 Å². The molecule has 1 heterocycles. The molecule has 0 unspecified atom stereocenters. The molecule has 0 spiro atoms. The number of amides is 2. The Morgan fingerprint density at radius 2 is 1.53 bits per heavy atom. The van der Waals surface area contributed by atoms with E-state index in [1.807, 2.05) is 0 Å². The van der Waals surface area contributed by atoms with Crippen molar-refractivity contribution in [3.63, 3.8) is 0 Å². The van der Waals surface area contributed by atoms with Gasteiger partial charge in [-0.1, -0.05) is 0 Å². The molecule has 4 fully saturated rings. The van der Waals surface area contributed by atoms with Crippen LogP contribution in [0.15, 0.2) is 12.1 Å². The molecule has 4 aliphatic carbocycles. The fourth-order valence-corrected chi connectivity index (χ4v) is 5.83. The van der Waals surface area contributed by atoms with Crippen LogP contribution in [0.2, 0.25) is 0 Å². The summed E-state index contributed by atoms with van der Waals surface area (Å²) in [5.74, 6) is -3.87. The summed E-state index contributed by atoms with van der Waals surface area (Å²) in [7, 11) is 0. The molecule has 2 N–H and O–H groups in total. The number of alkyl halides is 3. The Bertz CT molecular complexity index is 1110. The second-order valence-corrected chi connectivity index (χ2v) is 10.7. The molecule has 208 valence electrons. The topological polar surface area (TPSA) is 103 Å². The van der Waals surface area contributed by atoms with Crippen LogP contribution in [0, 0.1) is 11.6 Å². The second-order valence-electron chi connectivity index (χ2n) is 10.7. The van der Waals surface area contributed by atoms with Gasteiger partial charge in [-0.15, -0.1) is 13.2 Å². The first-order chi connectivity index (χ1) is 17.8. The Balaban J connectivity index is 1.08. The third kappa shape index (κ3) is 5.63. The van der Waals surface area contributed by atoms with Crippen LogP contribution in [0.4, 0.5) is 22.0 Å². The molecule has 2 bridgehead atoms. The molecule has 4 saturated carbocycles. The summed E-state index contributed by atoms with van der Waals surface area (Å²) in [6.45, 7) is -0.258. The average molecular weight is 546 g/mol. The number of halogens is 5. The smallest absolute Gasteiger partial charge is 0.479 e. The third-order valence-electron chi connectivity index (χ3n) is 8.10. The van der Waals surface area contributed by atoms with E-state index >= 15 is 0 Å². The molecule has 0 aromatic heterocycles. The van der Waals surface area contributed by atoms with Crippen LogP contribution in [-0.2, 0) is 19.1 Å². The van der Waals surface area contributed by atoms with E-state index in [0.29, 0.717) is 38.5 Å². The maximum atomic E-state index is 13.6. The van der Waals surface area contributed by atoms with E-state index in [-0.39, 0.29) is 43.1 Å². The Hall–Kier alpha value is -2.80. The van der Waals surface area contributed by atoms with E-state index in [0.717, 1.165) is 12.1 Å². The van der Waals surface area contributed by atoms with Gasteiger partial charge in [-0.2, -0.15) is 0 Å². The SMILES string of the molecule is O=C(COC1CC(OC(F)(F)F)C1)NC12CCC(NC(=O)[C@H]3CC(=O)c4cc(F)c(F)cc4O3)(CC1)CC2. The van der Waals surface area contributed by atoms with Crippen molar-refractivity contribution in [2.24, 2.45) is 0 Å². The first-order valence-corrected chi connectivity index (χ1v) is 12.5. The van der Waals surface area contributed by atoms with Gasteiger partial charge in [0.05, 0.1) is 24.2 Å². The van der Waals surface area contributed by atoms with E-state index in [1.54, 1.807) is 0 Å². The number of ether oxygens (including phenoxy) is 3. The van der Waals surface area contributed by atoms with Gasteiger partial charge in [0.2, 0.25) is 5.91 Å². The lowest BCUT2D eigenvalue weighted by atomic mass is 9.61. The average Bonchev–Trinajstić information content (AvgIpc) is 2.82. The van der Waals surface area contributed by atoms with Gasteiger partial charge in [-0.05, 0) is 44.6 Å². The lowest BCUT2D eigenvalue weighted by Gasteiger charge is -2.54. The zero-order valence-corrected chi connectivity index (χ0v) is 20.3. The molecule has 6 rings (SSSR count). The summed E-state index contributed by atoms with van der Waals surface area (Å²) in [4.78, 5) is 37.9. The summed E-state index contributed by atoms with van der Waals surface area (Å²) in [6, 6.07) is 1.54. The van der Waals surface area contributed by atoms with Gasteiger partial charge in [0.1, 0.15) is 12.4 Å². The number of fused-ring (bicyclic) bond motifs is 4. The van der Waals surface area contributed by atoms with E-state index in [2.05, 4.69) is 15.4 Å². The number of carbonyl (C=O) groups excluding carboxylic acids is 3. The van der Waals surface area contributed by atoms with Crippen molar-refractivity contribution < 1.29 is 50.5 Å². The molecule has 8 nitrogen and oxygen atoms in total. The first kappa shape index (κ1) is 26.8. The number of Topliss-reactive ketones (excluding diaryl/α,β-unsaturated/α-hetero) is 1. The van der Waals surface area contributed by atoms with E-state index in [9.17, 15) is 36.3 Å². The number of hydrogen-bond donors (Lipinski definition) is 2. The molecular weight excluding hydrogens is 519 g/mol. The van der Waals surface area contributed by atoms with Crippen LogP contribution in [0.1, 0.15) is 68.1 Å².